The summed E-state index contributed by atoms with van der Waals surface area (Å²) in [5.41, 5.74) is 10.0. The highest BCUT2D eigenvalue weighted by atomic mass is 16.5. The lowest BCUT2D eigenvalue weighted by Crippen LogP contribution is -2.24. The smallest absolute Gasteiger partial charge is 0.297 e. The highest BCUT2D eigenvalue weighted by molar-refractivity contribution is 5.90. The molecule has 5 heteroatoms. The van der Waals surface area contributed by atoms with Gasteiger partial charge in [-0.25, -0.2) is 0 Å². The van der Waals surface area contributed by atoms with Crippen LogP contribution in [-0.2, 0) is 6.54 Å². The number of nitrogens with two attached hydrogens (primary N) is 1. The van der Waals surface area contributed by atoms with Crippen molar-refractivity contribution in [1.29, 1.82) is 0 Å². The predicted molar refractivity (Wildman–Crippen MR) is 154 cm³/mol. The number of fused-ring (bicyclic) bond motifs is 1. The van der Waals surface area contributed by atoms with Crippen LogP contribution in [0, 0.1) is 0 Å². The van der Waals surface area contributed by atoms with Crippen LogP contribution in [0.2, 0.25) is 0 Å². The van der Waals surface area contributed by atoms with E-state index in [0.29, 0.717) is 36.9 Å². The molecule has 0 amide bonds. The van der Waals surface area contributed by atoms with E-state index in [4.69, 9.17) is 15.2 Å². The molecule has 0 aliphatic heterocycles. The van der Waals surface area contributed by atoms with E-state index in [2.05, 4.69) is 46.8 Å². The Morgan fingerprint density at radius 3 is 2.33 bits per heavy atom. The quantitative estimate of drug-likeness (QED) is 0.136. The number of ether oxygens (including phenoxy) is 2. The Labute approximate surface area is 218 Å². The summed E-state index contributed by atoms with van der Waals surface area (Å²) in [5.74, 6) is 0.860. The zero-order chi connectivity index (χ0) is 26.3. The molecule has 5 nitrogen and oxygen atoms in total. The molecule has 1 aromatic carbocycles. The predicted octanol–water partition coefficient (Wildman–Crippen LogP) is 8.19. The lowest BCUT2D eigenvalue weighted by molar-refractivity contribution is 0.275. The van der Waals surface area contributed by atoms with Crippen molar-refractivity contribution >= 4 is 16.6 Å². The summed E-state index contributed by atoms with van der Waals surface area (Å²) < 4.78 is 14.3. The van der Waals surface area contributed by atoms with Crippen LogP contribution in [0.3, 0.4) is 0 Å². The van der Waals surface area contributed by atoms with Gasteiger partial charge in [-0.05, 0) is 70.7 Å². The molecular weight excluding hydrogens is 448 g/mol. The van der Waals surface area contributed by atoms with Gasteiger partial charge in [0, 0.05) is 17.6 Å². The molecular formula is C31H48N2O3. The van der Waals surface area contributed by atoms with Crippen LogP contribution < -0.4 is 20.8 Å². The third-order valence-corrected chi connectivity index (χ3v) is 6.43. The summed E-state index contributed by atoms with van der Waals surface area (Å²) in [6.45, 7) is 12.3. The zero-order valence-corrected chi connectivity index (χ0v) is 23.3. The number of hydrogen-bond acceptors (Lipinski definition) is 4. The Bertz CT molecular complexity index is 1060. The van der Waals surface area contributed by atoms with Crippen molar-refractivity contribution in [2.45, 2.75) is 105 Å². The monoisotopic (exact) mass is 496 g/mol. The van der Waals surface area contributed by atoms with Crippen molar-refractivity contribution in [3.8, 4) is 11.5 Å². The third kappa shape index (κ3) is 9.40. The molecule has 0 spiro atoms. The maximum absolute atomic E-state index is 13.7. The number of pyridine rings is 1. The molecule has 200 valence electrons. The van der Waals surface area contributed by atoms with E-state index >= 15 is 0 Å². The molecule has 36 heavy (non-hydrogen) atoms. The average Bonchev–Trinajstić information content (AvgIpc) is 2.84. The largest absolute Gasteiger partial charge is 0.489 e. The van der Waals surface area contributed by atoms with Gasteiger partial charge in [0.1, 0.15) is 6.61 Å². The van der Waals surface area contributed by atoms with Crippen molar-refractivity contribution in [3.63, 3.8) is 0 Å². The Morgan fingerprint density at radius 2 is 1.64 bits per heavy atom. The van der Waals surface area contributed by atoms with Gasteiger partial charge in [-0.3, -0.25) is 4.79 Å². The SMILES string of the molecule is CCCCCCOc1c(OCC=C(C)CCC=C(C)C)c(=O)n(CCCCCC)c2cc(N)ccc12. The second-order valence-electron chi connectivity index (χ2n) is 10.0. The summed E-state index contributed by atoms with van der Waals surface area (Å²) in [6.07, 6.45) is 15.1. The molecule has 0 radical (unpaired) electrons. The van der Waals surface area contributed by atoms with Crippen molar-refractivity contribution in [1.82, 2.24) is 4.57 Å². The summed E-state index contributed by atoms with van der Waals surface area (Å²) in [4.78, 5) is 13.7. The van der Waals surface area contributed by atoms with Gasteiger partial charge in [0.2, 0.25) is 5.75 Å². The fraction of sp³-hybridized carbons (Fsp3) is 0.581. The molecule has 2 aromatic rings. The number of hydrogen-bond donors (Lipinski definition) is 1. The van der Waals surface area contributed by atoms with E-state index in [1.165, 1.54) is 24.0 Å². The van der Waals surface area contributed by atoms with Crippen LogP contribution in [-0.4, -0.2) is 17.8 Å². The Balaban J connectivity index is 2.39. The molecule has 1 heterocycles. The van der Waals surface area contributed by atoms with Gasteiger partial charge in [0.25, 0.3) is 5.56 Å². The molecule has 0 atom stereocenters. The van der Waals surface area contributed by atoms with Crippen LogP contribution in [0.25, 0.3) is 10.9 Å². The first-order valence-corrected chi connectivity index (χ1v) is 13.9. The first-order chi connectivity index (χ1) is 17.4. The lowest BCUT2D eigenvalue weighted by Gasteiger charge is -2.19. The standard InChI is InChI=1S/C31H48N2O3/c1-6-8-10-12-20-33-28-23-26(32)17-18-27(28)29(35-21-13-11-9-7-2)30(31(33)34)36-22-19-25(5)16-14-15-24(3)4/h15,17-19,23H,6-14,16,20-22,32H2,1-5H3. The molecule has 0 saturated heterocycles. The molecule has 0 bridgehead atoms. The molecule has 0 aliphatic carbocycles. The van der Waals surface area contributed by atoms with Gasteiger partial charge in [-0.2, -0.15) is 0 Å². The van der Waals surface area contributed by atoms with E-state index in [9.17, 15) is 4.79 Å². The normalized spacial score (nSPS) is 11.6. The van der Waals surface area contributed by atoms with Crippen LogP contribution >= 0.6 is 0 Å². The second kappa shape index (κ2) is 16.1. The minimum Gasteiger partial charge on any atom is -0.489 e. The molecule has 2 N–H and O–H groups in total. The fourth-order valence-electron chi connectivity index (χ4n) is 4.27. The molecule has 0 unspecified atom stereocenters. The van der Waals surface area contributed by atoms with Gasteiger partial charge in [-0.15, -0.1) is 0 Å². The van der Waals surface area contributed by atoms with Crippen LogP contribution in [0.5, 0.6) is 11.5 Å². The third-order valence-electron chi connectivity index (χ3n) is 6.43. The summed E-state index contributed by atoms with van der Waals surface area (Å²) >= 11 is 0. The Morgan fingerprint density at radius 1 is 0.917 bits per heavy atom. The maximum Gasteiger partial charge on any atom is 0.297 e. The van der Waals surface area contributed by atoms with Gasteiger partial charge in [-0.1, -0.05) is 69.6 Å². The first-order valence-electron chi connectivity index (χ1n) is 13.9. The average molecular weight is 497 g/mol. The Kier molecular flexibility index (Phi) is 13.2. The highest BCUT2D eigenvalue weighted by Gasteiger charge is 2.20. The summed E-state index contributed by atoms with van der Waals surface area (Å²) in [5, 5.41) is 0.883. The minimum absolute atomic E-state index is 0.135. The first kappa shape index (κ1) is 29.5. The number of aryl methyl sites for hydroxylation is 1. The molecule has 1 aromatic heterocycles. The number of nitrogen functional groups attached to an aromatic ring is 1. The number of unbranched alkanes of at least 4 members (excludes halogenated alkanes) is 6. The van der Waals surface area contributed by atoms with E-state index in [0.717, 1.165) is 62.3 Å². The van der Waals surface area contributed by atoms with E-state index in [-0.39, 0.29) is 5.56 Å². The Hall–Kier alpha value is -2.69. The van der Waals surface area contributed by atoms with Gasteiger partial charge in [0.15, 0.2) is 5.75 Å². The topological polar surface area (TPSA) is 66.5 Å². The zero-order valence-electron chi connectivity index (χ0n) is 23.3. The van der Waals surface area contributed by atoms with Crippen molar-refractivity contribution in [3.05, 3.63) is 51.9 Å². The number of benzene rings is 1. The van der Waals surface area contributed by atoms with Crippen molar-refractivity contribution in [2.24, 2.45) is 0 Å². The van der Waals surface area contributed by atoms with Crippen molar-refractivity contribution < 1.29 is 9.47 Å². The van der Waals surface area contributed by atoms with Gasteiger partial charge >= 0.3 is 0 Å². The number of nitrogens with zero attached hydrogens (tertiary/aromatic N) is 1. The van der Waals surface area contributed by atoms with E-state index in [1.54, 1.807) is 0 Å². The molecule has 0 aliphatic rings. The highest BCUT2D eigenvalue weighted by Crippen LogP contribution is 2.34. The number of allylic oxidation sites excluding steroid dienone is 3. The minimum atomic E-state index is -0.135. The number of anilines is 1. The molecule has 0 saturated carbocycles. The van der Waals surface area contributed by atoms with Gasteiger partial charge in [0.05, 0.1) is 12.1 Å². The van der Waals surface area contributed by atoms with Crippen LogP contribution in [0.4, 0.5) is 5.69 Å². The fourth-order valence-corrected chi connectivity index (χ4v) is 4.27. The lowest BCUT2D eigenvalue weighted by atomic mass is 10.1. The summed E-state index contributed by atoms with van der Waals surface area (Å²) in [6, 6.07) is 5.72. The van der Waals surface area contributed by atoms with Crippen LogP contribution in [0.15, 0.2) is 46.3 Å². The van der Waals surface area contributed by atoms with E-state index in [1.807, 2.05) is 22.8 Å². The second-order valence-corrected chi connectivity index (χ2v) is 10.0. The van der Waals surface area contributed by atoms with Crippen LogP contribution in [0.1, 0.15) is 98.8 Å². The number of aromatic nitrogens is 1. The van der Waals surface area contributed by atoms with Crippen molar-refractivity contribution in [2.75, 3.05) is 18.9 Å². The maximum atomic E-state index is 13.7. The summed E-state index contributed by atoms with van der Waals surface area (Å²) in [7, 11) is 0. The number of rotatable bonds is 17. The van der Waals surface area contributed by atoms with Gasteiger partial charge < -0.3 is 19.8 Å². The molecule has 0 fully saturated rings. The molecule has 2 rings (SSSR count). The van der Waals surface area contributed by atoms with E-state index < -0.39 is 0 Å².